The van der Waals surface area contributed by atoms with Crippen LogP contribution in [0.25, 0.3) is 33.6 Å². The molecule has 1 amide bonds. The van der Waals surface area contributed by atoms with Crippen LogP contribution in [-0.2, 0) is 23.8 Å². The molecule has 0 radical (unpaired) electrons. The molecule has 1 aliphatic rings. The fourth-order valence-corrected chi connectivity index (χ4v) is 4.63. The number of amides is 1. The van der Waals surface area contributed by atoms with Crippen molar-refractivity contribution in [1.82, 2.24) is 14.9 Å². The summed E-state index contributed by atoms with van der Waals surface area (Å²) in [5, 5.41) is 3.04. The first-order valence-corrected chi connectivity index (χ1v) is 11.6. The molecular formula is C27H29ClN4O3. The van der Waals surface area contributed by atoms with Crippen molar-refractivity contribution in [3.05, 3.63) is 76.3 Å². The van der Waals surface area contributed by atoms with Gasteiger partial charge in [0.1, 0.15) is 17.0 Å². The highest BCUT2D eigenvalue weighted by atomic mass is 35.5. The summed E-state index contributed by atoms with van der Waals surface area (Å²) in [5.41, 5.74) is 9.92. The van der Waals surface area contributed by atoms with Crippen LogP contribution in [0.5, 0.6) is 0 Å². The van der Waals surface area contributed by atoms with E-state index in [2.05, 4.69) is 22.4 Å². The number of benzene rings is 2. The van der Waals surface area contributed by atoms with Crippen LogP contribution in [0.15, 0.2) is 63.8 Å². The number of aromatic nitrogens is 2. The van der Waals surface area contributed by atoms with E-state index in [4.69, 9.17) is 10.2 Å². The molecule has 1 fully saturated rings. The van der Waals surface area contributed by atoms with Crippen LogP contribution in [0, 0.1) is 0 Å². The smallest absolute Gasteiger partial charge is 0.265 e. The second kappa shape index (κ2) is 9.68. The Morgan fingerprint density at radius 1 is 1.11 bits per heavy atom. The SMILES string of the molecule is CNC(=O)CCc1nc2oc(-c3ccc(C4(N)CCC4)cc3)c(-c3ccccc3)c2c(=O)n1C.Cl. The van der Waals surface area contributed by atoms with Gasteiger partial charge in [-0.1, -0.05) is 54.6 Å². The normalized spacial score (nSPS) is 14.3. The van der Waals surface area contributed by atoms with Crippen LogP contribution in [0.2, 0.25) is 0 Å². The molecule has 0 saturated heterocycles. The van der Waals surface area contributed by atoms with Crippen LogP contribution in [0.4, 0.5) is 0 Å². The minimum Gasteiger partial charge on any atom is -0.437 e. The first kappa shape index (κ1) is 24.7. The molecule has 4 aromatic rings. The van der Waals surface area contributed by atoms with Crippen LogP contribution in [0.1, 0.15) is 37.1 Å². The van der Waals surface area contributed by atoms with Crippen molar-refractivity contribution < 1.29 is 9.21 Å². The zero-order valence-corrected chi connectivity index (χ0v) is 20.7. The first-order chi connectivity index (χ1) is 16.4. The summed E-state index contributed by atoms with van der Waals surface area (Å²) in [5.74, 6) is 0.996. The minimum atomic E-state index is -0.244. The monoisotopic (exact) mass is 492 g/mol. The Morgan fingerprint density at radius 3 is 2.40 bits per heavy atom. The van der Waals surface area contributed by atoms with Crippen LogP contribution >= 0.6 is 12.4 Å². The third kappa shape index (κ3) is 4.37. The number of aryl methyl sites for hydroxylation is 1. The average molecular weight is 493 g/mol. The lowest BCUT2D eigenvalue weighted by Gasteiger charge is -2.38. The molecule has 2 heterocycles. The van der Waals surface area contributed by atoms with Gasteiger partial charge in [-0.05, 0) is 30.4 Å². The van der Waals surface area contributed by atoms with Gasteiger partial charge in [0.25, 0.3) is 5.56 Å². The molecule has 182 valence electrons. The number of furan rings is 1. The standard InChI is InChI=1S/C27H28N4O3.ClH/c1-29-21(32)14-13-20-30-25-23(26(33)31(20)2)22(17-7-4-3-5-8-17)24(34-25)18-9-11-19(12-10-18)27(28)15-6-16-27;/h3-5,7-12H,6,13-16,28H2,1-2H3,(H,29,32);1H. The van der Waals surface area contributed by atoms with Crippen molar-refractivity contribution in [1.29, 1.82) is 0 Å². The van der Waals surface area contributed by atoms with E-state index >= 15 is 0 Å². The number of hydrogen-bond donors (Lipinski definition) is 2. The number of carbonyl (C=O) groups is 1. The van der Waals surface area contributed by atoms with E-state index in [0.717, 1.165) is 41.5 Å². The fraction of sp³-hybridized carbons (Fsp3) is 0.296. The molecule has 7 nitrogen and oxygen atoms in total. The number of rotatable bonds is 6. The van der Waals surface area contributed by atoms with Gasteiger partial charge >= 0.3 is 0 Å². The van der Waals surface area contributed by atoms with Gasteiger partial charge in [0.2, 0.25) is 11.6 Å². The Kier molecular flexibility index (Phi) is 6.83. The maximum absolute atomic E-state index is 13.5. The molecule has 0 bridgehead atoms. The van der Waals surface area contributed by atoms with Gasteiger partial charge in [0.15, 0.2) is 0 Å². The fourth-order valence-electron chi connectivity index (χ4n) is 4.63. The van der Waals surface area contributed by atoms with Gasteiger partial charge in [0.05, 0.1) is 0 Å². The number of hydrogen-bond acceptors (Lipinski definition) is 5. The second-order valence-corrected chi connectivity index (χ2v) is 9.00. The second-order valence-electron chi connectivity index (χ2n) is 9.00. The number of nitrogens with zero attached hydrogens (tertiary/aromatic N) is 2. The first-order valence-electron chi connectivity index (χ1n) is 11.6. The Balaban J connectivity index is 0.00000289. The van der Waals surface area contributed by atoms with Gasteiger partial charge in [-0.25, -0.2) is 0 Å². The van der Waals surface area contributed by atoms with Crippen molar-refractivity contribution in [3.63, 3.8) is 0 Å². The van der Waals surface area contributed by atoms with E-state index in [0.29, 0.717) is 23.4 Å². The molecule has 0 atom stereocenters. The lowest BCUT2D eigenvalue weighted by molar-refractivity contribution is -0.120. The van der Waals surface area contributed by atoms with E-state index in [1.807, 2.05) is 42.5 Å². The summed E-state index contributed by atoms with van der Waals surface area (Å²) < 4.78 is 7.77. The highest BCUT2D eigenvalue weighted by molar-refractivity contribution is 6.00. The van der Waals surface area contributed by atoms with Gasteiger partial charge in [-0.2, -0.15) is 4.98 Å². The van der Waals surface area contributed by atoms with Gasteiger partial charge in [-0.3, -0.25) is 14.2 Å². The van der Waals surface area contributed by atoms with E-state index in [-0.39, 0.29) is 41.5 Å². The summed E-state index contributed by atoms with van der Waals surface area (Å²) in [6, 6.07) is 17.8. The van der Waals surface area contributed by atoms with Crippen LogP contribution in [-0.4, -0.2) is 22.5 Å². The maximum Gasteiger partial charge on any atom is 0.265 e. The molecule has 1 aliphatic carbocycles. The highest BCUT2D eigenvalue weighted by Crippen LogP contribution is 2.42. The Labute approximate surface area is 209 Å². The lowest BCUT2D eigenvalue weighted by Crippen LogP contribution is -2.43. The zero-order chi connectivity index (χ0) is 23.9. The van der Waals surface area contributed by atoms with Crippen molar-refractivity contribution in [2.75, 3.05) is 7.05 Å². The number of nitrogens with two attached hydrogens (primary N) is 1. The molecule has 2 aromatic heterocycles. The summed E-state index contributed by atoms with van der Waals surface area (Å²) in [6.07, 6.45) is 3.71. The molecule has 0 spiro atoms. The predicted molar refractivity (Wildman–Crippen MR) is 139 cm³/mol. The molecule has 2 aromatic carbocycles. The summed E-state index contributed by atoms with van der Waals surface area (Å²) >= 11 is 0. The number of nitrogens with one attached hydrogen (secondary N) is 1. The topological polar surface area (TPSA) is 103 Å². The summed E-state index contributed by atoms with van der Waals surface area (Å²) in [4.78, 5) is 29.9. The molecule has 35 heavy (non-hydrogen) atoms. The van der Waals surface area contributed by atoms with E-state index in [1.54, 1.807) is 14.1 Å². The van der Waals surface area contributed by atoms with E-state index < -0.39 is 0 Å². The molecule has 1 saturated carbocycles. The molecule has 5 rings (SSSR count). The Bertz CT molecular complexity index is 1420. The molecular weight excluding hydrogens is 464 g/mol. The molecule has 0 aliphatic heterocycles. The van der Waals surface area contributed by atoms with Crippen LogP contribution < -0.4 is 16.6 Å². The maximum atomic E-state index is 13.5. The van der Waals surface area contributed by atoms with Gasteiger partial charge < -0.3 is 15.5 Å². The molecule has 0 unspecified atom stereocenters. The average Bonchev–Trinajstić information content (AvgIpc) is 3.23. The Morgan fingerprint density at radius 2 is 1.80 bits per heavy atom. The highest BCUT2D eigenvalue weighted by Gasteiger charge is 2.34. The van der Waals surface area contributed by atoms with Crippen LogP contribution in [0.3, 0.4) is 0 Å². The van der Waals surface area contributed by atoms with Gasteiger partial charge in [-0.15, -0.1) is 12.4 Å². The van der Waals surface area contributed by atoms with Crippen molar-refractivity contribution in [3.8, 4) is 22.5 Å². The van der Waals surface area contributed by atoms with Crippen molar-refractivity contribution >= 4 is 29.4 Å². The predicted octanol–water partition coefficient (Wildman–Crippen LogP) is 4.30. The third-order valence-corrected chi connectivity index (χ3v) is 6.91. The minimum absolute atomic E-state index is 0. The van der Waals surface area contributed by atoms with Gasteiger partial charge in [0, 0.05) is 43.6 Å². The van der Waals surface area contributed by atoms with Crippen molar-refractivity contribution in [2.24, 2.45) is 12.8 Å². The molecule has 3 N–H and O–H groups in total. The number of fused-ring (bicyclic) bond motifs is 1. The van der Waals surface area contributed by atoms with E-state index in [9.17, 15) is 9.59 Å². The Hall–Kier alpha value is -3.42. The largest absolute Gasteiger partial charge is 0.437 e. The summed E-state index contributed by atoms with van der Waals surface area (Å²) in [7, 11) is 3.27. The lowest BCUT2D eigenvalue weighted by atomic mass is 9.72. The quantitative estimate of drug-likeness (QED) is 0.417. The van der Waals surface area contributed by atoms with E-state index in [1.165, 1.54) is 4.57 Å². The molecule has 8 heteroatoms. The number of carbonyl (C=O) groups excluding carboxylic acids is 1. The third-order valence-electron chi connectivity index (χ3n) is 6.91. The summed E-state index contributed by atoms with van der Waals surface area (Å²) in [6.45, 7) is 0. The van der Waals surface area contributed by atoms with Crippen molar-refractivity contribution in [2.45, 2.75) is 37.6 Å². The zero-order valence-electron chi connectivity index (χ0n) is 19.8. The number of halogens is 1.